The third-order valence-corrected chi connectivity index (χ3v) is 3.24. The minimum atomic E-state index is -0.932. The Hall–Kier alpha value is -1.10. The molecule has 0 amide bonds. The fourth-order valence-electron chi connectivity index (χ4n) is 2.34. The molecule has 0 aromatic carbocycles. The lowest BCUT2D eigenvalue weighted by Crippen LogP contribution is -2.39. The summed E-state index contributed by atoms with van der Waals surface area (Å²) in [6.45, 7) is 4.43. The van der Waals surface area contributed by atoms with Gasteiger partial charge in [-0.25, -0.2) is 0 Å². The van der Waals surface area contributed by atoms with Gasteiger partial charge in [0.25, 0.3) is 0 Å². The van der Waals surface area contributed by atoms with Gasteiger partial charge in [-0.15, -0.1) is 0 Å². The Morgan fingerprint density at radius 1 is 1.53 bits per heavy atom. The van der Waals surface area contributed by atoms with E-state index in [1.54, 1.807) is 0 Å². The lowest BCUT2D eigenvalue weighted by atomic mass is 9.78. The largest absolute Gasteiger partial charge is 0.481 e. The van der Waals surface area contributed by atoms with Crippen LogP contribution in [0.5, 0.6) is 0 Å². The molecule has 1 aliphatic heterocycles. The normalized spacial score (nSPS) is 25.0. The van der Waals surface area contributed by atoms with Gasteiger partial charge in [0.05, 0.1) is 25.0 Å². The quantitative estimate of drug-likeness (QED) is 0.758. The van der Waals surface area contributed by atoms with Gasteiger partial charge in [0.15, 0.2) is 0 Å². The molecule has 5 nitrogen and oxygen atoms in total. The summed E-state index contributed by atoms with van der Waals surface area (Å²) in [6, 6.07) is 0. The molecule has 17 heavy (non-hydrogen) atoms. The van der Waals surface area contributed by atoms with Gasteiger partial charge in [-0.3, -0.25) is 9.59 Å². The SMILES string of the molecule is COC(=O)CC(C(=O)O)C1CCOC(C)(C)C1. The maximum absolute atomic E-state index is 11.2. The molecule has 0 aromatic rings. The maximum Gasteiger partial charge on any atom is 0.307 e. The lowest BCUT2D eigenvalue weighted by molar-refractivity contribution is -0.156. The van der Waals surface area contributed by atoms with Gasteiger partial charge in [-0.2, -0.15) is 0 Å². The van der Waals surface area contributed by atoms with Gasteiger partial charge >= 0.3 is 11.9 Å². The Bertz CT molecular complexity index is 297. The summed E-state index contributed by atoms with van der Waals surface area (Å²) in [4.78, 5) is 22.4. The highest BCUT2D eigenvalue weighted by Crippen LogP contribution is 2.35. The van der Waals surface area contributed by atoms with E-state index >= 15 is 0 Å². The molecule has 2 atom stereocenters. The zero-order valence-electron chi connectivity index (χ0n) is 10.6. The van der Waals surface area contributed by atoms with Crippen LogP contribution >= 0.6 is 0 Å². The first kappa shape index (κ1) is 14.0. The van der Waals surface area contributed by atoms with Crippen molar-refractivity contribution in [3.63, 3.8) is 0 Å². The van der Waals surface area contributed by atoms with E-state index in [0.717, 1.165) is 0 Å². The van der Waals surface area contributed by atoms with Crippen molar-refractivity contribution in [1.29, 1.82) is 0 Å². The van der Waals surface area contributed by atoms with E-state index in [4.69, 9.17) is 4.74 Å². The van der Waals surface area contributed by atoms with Crippen LogP contribution in [0.2, 0.25) is 0 Å². The highest BCUT2D eigenvalue weighted by Gasteiger charge is 2.37. The van der Waals surface area contributed by atoms with Crippen LogP contribution in [-0.4, -0.2) is 36.4 Å². The van der Waals surface area contributed by atoms with Crippen LogP contribution in [0, 0.1) is 11.8 Å². The number of hydrogen-bond acceptors (Lipinski definition) is 4. The van der Waals surface area contributed by atoms with Gasteiger partial charge in [-0.05, 0) is 32.6 Å². The molecule has 1 heterocycles. The Labute approximate surface area is 101 Å². The molecule has 1 fully saturated rings. The molecule has 98 valence electrons. The molecule has 0 aliphatic carbocycles. The third-order valence-electron chi connectivity index (χ3n) is 3.24. The standard InChI is InChI=1S/C12H20O5/c1-12(2)7-8(4-5-17-12)9(11(14)15)6-10(13)16-3/h8-9H,4-7H2,1-3H3,(H,14,15). The molecule has 0 aromatic heterocycles. The van der Waals surface area contributed by atoms with Crippen LogP contribution in [0.3, 0.4) is 0 Å². The zero-order valence-corrected chi connectivity index (χ0v) is 10.6. The molecule has 1 aliphatic rings. The fraction of sp³-hybridized carbons (Fsp3) is 0.833. The highest BCUT2D eigenvalue weighted by atomic mass is 16.5. The van der Waals surface area contributed by atoms with E-state index < -0.39 is 17.9 Å². The van der Waals surface area contributed by atoms with Gasteiger partial charge in [0.2, 0.25) is 0 Å². The highest BCUT2D eigenvalue weighted by molar-refractivity contribution is 5.79. The molecule has 1 N–H and O–H groups in total. The number of carboxylic acids is 1. The smallest absolute Gasteiger partial charge is 0.307 e. The molecule has 5 heteroatoms. The number of methoxy groups -OCH3 is 1. The molecular weight excluding hydrogens is 224 g/mol. The predicted octanol–water partition coefficient (Wildman–Crippen LogP) is 1.46. The Morgan fingerprint density at radius 3 is 2.65 bits per heavy atom. The number of ether oxygens (including phenoxy) is 2. The summed E-state index contributed by atoms with van der Waals surface area (Å²) >= 11 is 0. The predicted molar refractivity (Wildman–Crippen MR) is 60.5 cm³/mol. The number of rotatable bonds is 4. The molecule has 0 spiro atoms. The maximum atomic E-state index is 11.2. The summed E-state index contributed by atoms with van der Waals surface area (Å²) < 4.78 is 10.1. The van der Waals surface area contributed by atoms with Crippen molar-refractivity contribution >= 4 is 11.9 Å². The van der Waals surface area contributed by atoms with Crippen molar-refractivity contribution in [3.8, 4) is 0 Å². The van der Waals surface area contributed by atoms with Gasteiger partial charge in [-0.1, -0.05) is 0 Å². The minimum absolute atomic E-state index is 0.0321. The number of carboxylic acid groups (broad SMARTS) is 1. The van der Waals surface area contributed by atoms with Crippen molar-refractivity contribution in [1.82, 2.24) is 0 Å². The summed E-state index contributed by atoms with van der Waals surface area (Å²) in [7, 11) is 1.27. The second kappa shape index (κ2) is 5.49. The van der Waals surface area contributed by atoms with E-state index in [2.05, 4.69) is 4.74 Å². The van der Waals surface area contributed by atoms with Crippen molar-refractivity contribution in [3.05, 3.63) is 0 Å². The average Bonchev–Trinajstić information content (AvgIpc) is 2.23. The van der Waals surface area contributed by atoms with Crippen LogP contribution in [0.25, 0.3) is 0 Å². The van der Waals surface area contributed by atoms with E-state index in [-0.39, 0.29) is 17.9 Å². The van der Waals surface area contributed by atoms with E-state index in [0.29, 0.717) is 19.4 Å². The van der Waals surface area contributed by atoms with Crippen molar-refractivity contribution < 1.29 is 24.2 Å². The number of hydrogen-bond donors (Lipinski definition) is 1. The zero-order chi connectivity index (χ0) is 13.1. The van der Waals surface area contributed by atoms with Crippen molar-refractivity contribution in [2.75, 3.05) is 13.7 Å². The molecule has 2 unspecified atom stereocenters. The topological polar surface area (TPSA) is 72.8 Å². The molecule has 1 saturated heterocycles. The third kappa shape index (κ3) is 4.00. The van der Waals surface area contributed by atoms with Crippen LogP contribution < -0.4 is 0 Å². The monoisotopic (exact) mass is 244 g/mol. The molecule has 0 saturated carbocycles. The molecule has 0 radical (unpaired) electrons. The van der Waals surface area contributed by atoms with E-state index in [1.165, 1.54) is 7.11 Å². The second-order valence-corrected chi connectivity index (χ2v) is 5.09. The first-order valence-corrected chi connectivity index (χ1v) is 5.79. The first-order valence-electron chi connectivity index (χ1n) is 5.79. The lowest BCUT2D eigenvalue weighted by Gasteiger charge is -2.37. The van der Waals surface area contributed by atoms with E-state index in [1.807, 2.05) is 13.8 Å². The summed E-state index contributed by atoms with van der Waals surface area (Å²) in [6.07, 6.45) is 1.27. The van der Waals surface area contributed by atoms with Crippen LogP contribution in [0.4, 0.5) is 0 Å². The minimum Gasteiger partial charge on any atom is -0.481 e. The molecular formula is C12H20O5. The van der Waals surface area contributed by atoms with Gasteiger partial charge < -0.3 is 14.6 Å². The van der Waals surface area contributed by atoms with E-state index in [9.17, 15) is 14.7 Å². The summed E-state index contributed by atoms with van der Waals surface area (Å²) in [5, 5.41) is 9.19. The summed E-state index contributed by atoms with van der Waals surface area (Å²) in [5.41, 5.74) is -0.313. The van der Waals surface area contributed by atoms with Gasteiger partial charge in [0, 0.05) is 6.61 Å². The fourth-order valence-corrected chi connectivity index (χ4v) is 2.34. The van der Waals surface area contributed by atoms with Crippen LogP contribution in [0.1, 0.15) is 33.1 Å². The summed E-state index contributed by atoms with van der Waals surface area (Å²) in [5.74, 6) is -2.11. The Kier molecular flexibility index (Phi) is 4.51. The first-order chi connectivity index (χ1) is 7.85. The molecule has 1 rings (SSSR count). The Morgan fingerprint density at radius 2 is 2.18 bits per heavy atom. The Balaban J connectivity index is 2.70. The number of aliphatic carboxylic acids is 1. The number of carbonyl (C=O) groups excluding carboxylic acids is 1. The average molecular weight is 244 g/mol. The van der Waals surface area contributed by atoms with Crippen LogP contribution in [0.15, 0.2) is 0 Å². The van der Waals surface area contributed by atoms with Crippen molar-refractivity contribution in [2.24, 2.45) is 11.8 Å². The number of esters is 1. The number of carbonyl (C=O) groups is 2. The van der Waals surface area contributed by atoms with Gasteiger partial charge in [0.1, 0.15) is 0 Å². The van der Waals surface area contributed by atoms with Crippen molar-refractivity contribution in [2.45, 2.75) is 38.7 Å². The van der Waals surface area contributed by atoms with Crippen LogP contribution in [-0.2, 0) is 19.1 Å². The molecule has 0 bridgehead atoms. The second-order valence-electron chi connectivity index (χ2n) is 5.09.